The van der Waals surface area contributed by atoms with E-state index in [0.29, 0.717) is 6.04 Å². The van der Waals surface area contributed by atoms with Crippen molar-refractivity contribution in [1.82, 2.24) is 9.78 Å². The summed E-state index contributed by atoms with van der Waals surface area (Å²) in [6.07, 6.45) is 11.1. The van der Waals surface area contributed by atoms with Gasteiger partial charge in [-0.15, -0.1) is 11.3 Å². The van der Waals surface area contributed by atoms with Crippen LogP contribution < -0.4 is 5.32 Å². The molecule has 1 aliphatic carbocycles. The van der Waals surface area contributed by atoms with E-state index in [0.717, 1.165) is 55.2 Å². The molecular formula is C20H27N3O2S. The predicted molar refractivity (Wildman–Crippen MR) is 104 cm³/mol. The summed E-state index contributed by atoms with van der Waals surface area (Å²) < 4.78 is 7.49. The Labute approximate surface area is 158 Å². The van der Waals surface area contributed by atoms with Gasteiger partial charge in [0.1, 0.15) is 0 Å². The van der Waals surface area contributed by atoms with Crippen LogP contribution in [0, 0.1) is 6.92 Å². The average molecular weight is 374 g/mol. The Morgan fingerprint density at radius 2 is 2.00 bits per heavy atom. The molecule has 1 amide bonds. The Kier molecular flexibility index (Phi) is 5.41. The third kappa shape index (κ3) is 3.71. The topological polar surface area (TPSA) is 56.2 Å². The van der Waals surface area contributed by atoms with Crippen molar-refractivity contribution in [2.45, 2.75) is 64.3 Å². The van der Waals surface area contributed by atoms with E-state index in [1.54, 1.807) is 17.5 Å². The van der Waals surface area contributed by atoms with E-state index < -0.39 is 0 Å². The molecule has 6 heteroatoms. The van der Waals surface area contributed by atoms with Crippen molar-refractivity contribution in [2.24, 2.45) is 0 Å². The lowest BCUT2D eigenvalue weighted by atomic mass is 10.00. The molecule has 1 aliphatic heterocycles. The SMILES string of the molecule is Cc1c(NC(=O)c2cc3c(s2)CCCCCC3)cnn1C1CCOCC1. The van der Waals surface area contributed by atoms with Crippen LogP contribution in [0.15, 0.2) is 12.3 Å². The number of anilines is 1. The number of carbonyl (C=O) groups is 1. The van der Waals surface area contributed by atoms with Gasteiger partial charge in [0.05, 0.1) is 28.5 Å². The molecular weight excluding hydrogens is 346 g/mol. The number of nitrogens with zero attached hydrogens (tertiary/aromatic N) is 2. The minimum atomic E-state index is -0.00336. The number of amides is 1. The number of thiophene rings is 1. The molecule has 3 heterocycles. The maximum atomic E-state index is 12.8. The summed E-state index contributed by atoms with van der Waals surface area (Å²) in [5.74, 6) is -0.00336. The number of hydrogen-bond acceptors (Lipinski definition) is 4. The molecule has 0 aromatic carbocycles. The van der Waals surface area contributed by atoms with Crippen LogP contribution in [0.25, 0.3) is 0 Å². The van der Waals surface area contributed by atoms with Gasteiger partial charge in [0.25, 0.3) is 5.91 Å². The van der Waals surface area contributed by atoms with Gasteiger partial charge in [-0.05, 0) is 57.1 Å². The van der Waals surface area contributed by atoms with E-state index in [1.807, 2.05) is 11.6 Å². The van der Waals surface area contributed by atoms with Gasteiger partial charge in [-0.3, -0.25) is 9.48 Å². The number of ether oxygens (including phenoxy) is 1. The lowest BCUT2D eigenvalue weighted by Crippen LogP contribution is -2.21. The summed E-state index contributed by atoms with van der Waals surface area (Å²) in [6, 6.07) is 2.48. The molecule has 2 aliphatic rings. The second-order valence-corrected chi connectivity index (χ2v) is 8.50. The molecule has 0 saturated carbocycles. The Morgan fingerprint density at radius 1 is 1.23 bits per heavy atom. The highest BCUT2D eigenvalue weighted by Gasteiger charge is 2.21. The molecule has 4 rings (SSSR count). The number of hydrogen-bond donors (Lipinski definition) is 1. The fraction of sp³-hybridized carbons (Fsp3) is 0.600. The molecule has 1 saturated heterocycles. The molecule has 2 aromatic heterocycles. The van der Waals surface area contributed by atoms with E-state index in [1.165, 1.54) is 36.1 Å². The van der Waals surface area contributed by atoms with Crippen molar-refractivity contribution >= 4 is 22.9 Å². The van der Waals surface area contributed by atoms with Crippen molar-refractivity contribution in [1.29, 1.82) is 0 Å². The summed E-state index contributed by atoms with van der Waals surface area (Å²) in [7, 11) is 0. The van der Waals surface area contributed by atoms with Crippen LogP contribution in [0.1, 0.15) is 70.4 Å². The molecule has 0 atom stereocenters. The normalized spacial score (nSPS) is 18.8. The minimum Gasteiger partial charge on any atom is -0.381 e. The van der Waals surface area contributed by atoms with E-state index in [9.17, 15) is 4.79 Å². The second-order valence-electron chi connectivity index (χ2n) is 7.36. The summed E-state index contributed by atoms with van der Waals surface area (Å²) in [4.78, 5) is 15.0. The van der Waals surface area contributed by atoms with E-state index >= 15 is 0 Å². The van der Waals surface area contributed by atoms with Crippen LogP contribution >= 0.6 is 11.3 Å². The number of fused-ring (bicyclic) bond motifs is 1. The Balaban J connectivity index is 1.48. The number of carbonyl (C=O) groups excluding carboxylic acids is 1. The first-order valence-corrected chi connectivity index (χ1v) is 10.6. The summed E-state index contributed by atoms with van der Waals surface area (Å²) in [5.41, 5.74) is 3.23. The molecule has 26 heavy (non-hydrogen) atoms. The smallest absolute Gasteiger partial charge is 0.265 e. The van der Waals surface area contributed by atoms with Crippen molar-refractivity contribution < 1.29 is 9.53 Å². The molecule has 140 valence electrons. The van der Waals surface area contributed by atoms with E-state index in [2.05, 4.69) is 16.5 Å². The van der Waals surface area contributed by atoms with Gasteiger partial charge in [0, 0.05) is 18.1 Å². The molecule has 5 nitrogen and oxygen atoms in total. The quantitative estimate of drug-likeness (QED) is 0.861. The number of aromatic nitrogens is 2. The molecule has 0 unspecified atom stereocenters. The van der Waals surface area contributed by atoms with Gasteiger partial charge in [-0.1, -0.05) is 12.8 Å². The van der Waals surface area contributed by atoms with Crippen molar-refractivity contribution in [2.75, 3.05) is 18.5 Å². The van der Waals surface area contributed by atoms with Crippen molar-refractivity contribution in [3.63, 3.8) is 0 Å². The number of nitrogens with one attached hydrogen (secondary N) is 1. The van der Waals surface area contributed by atoms with Gasteiger partial charge in [0.15, 0.2) is 0 Å². The highest BCUT2D eigenvalue weighted by Crippen LogP contribution is 2.30. The largest absolute Gasteiger partial charge is 0.381 e. The van der Waals surface area contributed by atoms with Gasteiger partial charge in [0.2, 0.25) is 0 Å². The summed E-state index contributed by atoms with van der Waals surface area (Å²) in [6.45, 7) is 3.60. The summed E-state index contributed by atoms with van der Waals surface area (Å²) in [5, 5.41) is 7.61. The molecule has 0 spiro atoms. The molecule has 1 N–H and O–H groups in total. The zero-order valence-corrected chi connectivity index (χ0v) is 16.2. The lowest BCUT2D eigenvalue weighted by Gasteiger charge is -2.23. The van der Waals surface area contributed by atoms with Crippen LogP contribution in [0.5, 0.6) is 0 Å². The van der Waals surface area contributed by atoms with Crippen molar-refractivity contribution in [3.05, 3.63) is 33.3 Å². The van der Waals surface area contributed by atoms with Gasteiger partial charge < -0.3 is 10.1 Å². The third-order valence-corrected chi connectivity index (χ3v) is 6.79. The average Bonchev–Trinajstić information content (AvgIpc) is 3.20. The zero-order valence-electron chi connectivity index (χ0n) is 15.4. The summed E-state index contributed by atoms with van der Waals surface area (Å²) >= 11 is 1.67. The molecule has 1 fully saturated rings. The molecule has 0 radical (unpaired) electrons. The van der Waals surface area contributed by atoms with Gasteiger partial charge >= 0.3 is 0 Å². The predicted octanol–water partition coefficient (Wildman–Crippen LogP) is 4.52. The van der Waals surface area contributed by atoms with Gasteiger partial charge in [-0.2, -0.15) is 5.10 Å². The highest BCUT2D eigenvalue weighted by atomic mass is 32.1. The fourth-order valence-electron chi connectivity index (χ4n) is 3.98. The minimum absolute atomic E-state index is 0.00336. The van der Waals surface area contributed by atoms with Crippen LogP contribution in [-0.2, 0) is 17.6 Å². The van der Waals surface area contributed by atoms with Crippen LogP contribution in [0.2, 0.25) is 0 Å². The number of aryl methyl sites for hydroxylation is 2. The Bertz CT molecular complexity index is 749. The number of rotatable bonds is 3. The Morgan fingerprint density at radius 3 is 2.81 bits per heavy atom. The highest BCUT2D eigenvalue weighted by molar-refractivity contribution is 7.14. The van der Waals surface area contributed by atoms with E-state index in [-0.39, 0.29) is 5.91 Å². The first kappa shape index (κ1) is 17.7. The zero-order chi connectivity index (χ0) is 17.9. The first-order valence-electron chi connectivity index (χ1n) is 9.77. The maximum absolute atomic E-state index is 12.8. The van der Waals surface area contributed by atoms with Crippen LogP contribution in [0.3, 0.4) is 0 Å². The van der Waals surface area contributed by atoms with E-state index in [4.69, 9.17) is 4.74 Å². The van der Waals surface area contributed by atoms with Crippen molar-refractivity contribution in [3.8, 4) is 0 Å². The standard InChI is InChI=1S/C20H27N3O2S/c1-14-17(13-21-23(14)16-8-10-25-11-9-16)22-20(24)19-12-15-6-4-2-3-5-7-18(15)26-19/h12-13,16H,2-11H2,1H3,(H,22,24). The lowest BCUT2D eigenvalue weighted by molar-refractivity contribution is 0.0657. The monoisotopic (exact) mass is 373 g/mol. The maximum Gasteiger partial charge on any atom is 0.265 e. The van der Waals surface area contributed by atoms with Crippen LogP contribution in [0.4, 0.5) is 5.69 Å². The van der Waals surface area contributed by atoms with Crippen LogP contribution in [-0.4, -0.2) is 28.9 Å². The fourth-order valence-corrected chi connectivity index (χ4v) is 5.13. The third-order valence-electron chi connectivity index (χ3n) is 5.55. The second kappa shape index (κ2) is 7.92. The molecule has 2 aromatic rings. The Hall–Kier alpha value is -1.66. The molecule has 0 bridgehead atoms. The first-order chi connectivity index (χ1) is 12.7. The van der Waals surface area contributed by atoms with Gasteiger partial charge in [-0.25, -0.2) is 0 Å².